The molecule has 6 nitrogen and oxygen atoms in total. The maximum absolute atomic E-state index is 12.8. The fourth-order valence-electron chi connectivity index (χ4n) is 1.33. The van der Waals surface area contributed by atoms with E-state index in [1.807, 2.05) is 0 Å². The third-order valence-electron chi connectivity index (χ3n) is 2.12. The zero-order valence-electron chi connectivity index (χ0n) is 9.22. The molecule has 9 heteroatoms. The molecule has 0 saturated carbocycles. The first kappa shape index (κ1) is 12.9. The SMILES string of the molecule is NC(=O)c1ncc(-c2ccncn2)nc1C(F)(F)F. The summed E-state index contributed by atoms with van der Waals surface area (Å²) >= 11 is 0. The van der Waals surface area contributed by atoms with Crippen LogP contribution in [0.3, 0.4) is 0 Å². The number of rotatable bonds is 2. The van der Waals surface area contributed by atoms with Gasteiger partial charge in [-0.3, -0.25) is 4.79 Å². The zero-order chi connectivity index (χ0) is 14.0. The van der Waals surface area contributed by atoms with E-state index in [9.17, 15) is 18.0 Å². The van der Waals surface area contributed by atoms with E-state index in [1.54, 1.807) is 0 Å². The third-order valence-corrected chi connectivity index (χ3v) is 2.12. The van der Waals surface area contributed by atoms with Crippen LogP contribution in [0.4, 0.5) is 13.2 Å². The Bertz CT molecular complexity index is 614. The molecule has 2 rings (SSSR count). The zero-order valence-corrected chi connectivity index (χ0v) is 9.22. The number of halogens is 3. The molecule has 19 heavy (non-hydrogen) atoms. The minimum Gasteiger partial charge on any atom is -0.364 e. The van der Waals surface area contributed by atoms with Gasteiger partial charge in [-0.25, -0.2) is 19.9 Å². The Labute approximate surface area is 104 Å². The van der Waals surface area contributed by atoms with Crippen molar-refractivity contribution in [1.82, 2.24) is 19.9 Å². The molecule has 0 fully saturated rings. The fourth-order valence-corrected chi connectivity index (χ4v) is 1.33. The number of hydrogen-bond donors (Lipinski definition) is 1. The van der Waals surface area contributed by atoms with E-state index in [4.69, 9.17) is 5.73 Å². The summed E-state index contributed by atoms with van der Waals surface area (Å²) in [5, 5.41) is 0. The summed E-state index contributed by atoms with van der Waals surface area (Å²) < 4.78 is 38.3. The molecule has 2 aromatic rings. The van der Waals surface area contributed by atoms with Crippen LogP contribution in [0.2, 0.25) is 0 Å². The first-order valence-corrected chi connectivity index (χ1v) is 4.90. The molecular formula is C10H6F3N5O. The topological polar surface area (TPSA) is 94.7 Å². The van der Waals surface area contributed by atoms with Crippen LogP contribution in [-0.2, 0) is 6.18 Å². The molecule has 0 spiro atoms. The number of nitrogens with two attached hydrogens (primary N) is 1. The normalized spacial score (nSPS) is 11.3. The van der Waals surface area contributed by atoms with Gasteiger partial charge in [-0.2, -0.15) is 13.2 Å². The predicted molar refractivity (Wildman–Crippen MR) is 56.6 cm³/mol. The van der Waals surface area contributed by atoms with Crippen molar-refractivity contribution in [3.63, 3.8) is 0 Å². The van der Waals surface area contributed by atoms with Crippen molar-refractivity contribution >= 4 is 5.91 Å². The van der Waals surface area contributed by atoms with Gasteiger partial charge >= 0.3 is 6.18 Å². The molecule has 0 saturated heterocycles. The van der Waals surface area contributed by atoms with E-state index in [0.717, 1.165) is 12.5 Å². The van der Waals surface area contributed by atoms with Crippen molar-refractivity contribution in [1.29, 1.82) is 0 Å². The number of primary amides is 1. The number of hydrogen-bond acceptors (Lipinski definition) is 5. The highest BCUT2D eigenvalue weighted by Gasteiger charge is 2.38. The molecule has 98 valence electrons. The fraction of sp³-hybridized carbons (Fsp3) is 0.100. The highest BCUT2D eigenvalue weighted by molar-refractivity contribution is 5.92. The Morgan fingerprint density at radius 3 is 2.47 bits per heavy atom. The molecule has 2 N–H and O–H groups in total. The van der Waals surface area contributed by atoms with Gasteiger partial charge in [-0.05, 0) is 6.07 Å². The smallest absolute Gasteiger partial charge is 0.364 e. The van der Waals surface area contributed by atoms with Crippen molar-refractivity contribution < 1.29 is 18.0 Å². The molecule has 2 heterocycles. The van der Waals surface area contributed by atoms with Crippen LogP contribution in [0.15, 0.2) is 24.8 Å². The van der Waals surface area contributed by atoms with Crippen LogP contribution >= 0.6 is 0 Å². The summed E-state index contributed by atoms with van der Waals surface area (Å²) in [6.07, 6.45) is -1.33. The highest BCUT2D eigenvalue weighted by atomic mass is 19.4. The third kappa shape index (κ3) is 2.64. The van der Waals surface area contributed by atoms with Crippen molar-refractivity contribution in [2.45, 2.75) is 6.18 Å². The lowest BCUT2D eigenvalue weighted by atomic mass is 10.2. The molecule has 2 aromatic heterocycles. The second kappa shape index (κ2) is 4.59. The second-order valence-corrected chi connectivity index (χ2v) is 3.41. The number of nitrogens with zero attached hydrogens (tertiary/aromatic N) is 4. The van der Waals surface area contributed by atoms with Gasteiger partial charge in [0.25, 0.3) is 5.91 Å². The maximum Gasteiger partial charge on any atom is 0.435 e. The monoisotopic (exact) mass is 269 g/mol. The molecule has 0 radical (unpaired) electrons. The average Bonchev–Trinajstić information content (AvgIpc) is 2.38. The van der Waals surface area contributed by atoms with E-state index in [-0.39, 0.29) is 11.4 Å². The Balaban J connectivity index is 2.60. The number of carbonyl (C=O) groups excluding carboxylic acids is 1. The number of amides is 1. The molecule has 1 amide bonds. The summed E-state index contributed by atoms with van der Waals surface area (Å²) in [5.41, 5.74) is 2.50. The van der Waals surface area contributed by atoms with Gasteiger partial charge in [0.15, 0.2) is 11.4 Å². The summed E-state index contributed by atoms with van der Waals surface area (Å²) in [6.45, 7) is 0. The predicted octanol–water partition coefficient (Wildman–Crippen LogP) is 1.05. The summed E-state index contributed by atoms with van der Waals surface area (Å²) in [4.78, 5) is 25.1. The van der Waals surface area contributed by atoms with Crippen LogP contribution in [0.1, 0.15) is 16.2 Å². The standard InChI is InChI=1S/C10H6F3N5O/c11-10(12,13)8-7(9(14)19)16-3-6(18-8)5-1-2-15-4-17-5/h1-4H,(H2,14,19). The van der Waals surface area contributed by atoms with Crippen LogP contribution < -0.4 is 5.73 Å². The van der Waals surface area contributed by atoms with Gasteiger partial charge in [-0.15, -0.1) is 0 Å². The molecule has 0 aliphatic carbocycles. The summed E-state index contributed by atoms with van der Waals surface area (Å²) in [6, 6.07) is 1.37. The van der Waals surface area contributed by atoms with Gasteiger partial charge < -0.3 is 5.73 Å². The average molecular weight is 269 g/mol. The summed E-state index contributed by atoms with van der Waals surface area (Å²) in [7, 11) is 0. The first-order valence-electron chi connectivity index (χ1n) is 4.90. The van der Waals surface area contributed by atoms with Crippen LogP contribution in [0.25, 0.3) is 11.4 Å². The molecule has 0 aromatic carbocycles. The van der Waals surface area contributed by atoms with Gasteiger partial charge in [-0.1, -0.05) is 0 Å². The van der Waals surface area contributed by atoms with Gasteiger partial charge in [0.1, 0.15) is 12.0 Å². The minimum atomic E-state index is -4.83. The van der Waals surface area contributed by atoms with E-state index < -0.39 is 23.5 Å². The molecule has 0 unspecified atom stereocenters. The van der Waals surface area contributed by atoms with Gasteiger partial charge in [0.2, 0.25) is 0 Å². The van der Waals surface area contributed by atoms with Crippen molar-refractivity contribution in [2.75, 3.05) is 0 Å². The largest absolute Gasteiger partial charge is 0.435 e. The quantitative estimate of drug-likeness (QED) is 0.879. The number of aromatic nitrogens is 4. The van der Waals surface area contributed by atoms with E-state index in [1.165, 1.54) is 12.3 Å². The molecule has 0 bridgehead atoms. The summed E-state index contributed by atoms with van der Waals surface area (Å²) in [5.74, 6) is -1.30. The molecule has 0 aliphatic rings. The minimum absolute atomic E-state index is 0.125. The Kier molecular flexibility index (Phi) is 3.11. The second-order valence-electron chi connectivity index (χ2n) is 3.41. The lowest BCUT2D eigenvalue weighted by Gasteiger charge is -2.10. The van der Waals surface area contributed by atoms with Gasteiger partial charge in [0.05, 0.1) is 11.9 Å². The Hall–Kier alpha value is -2.58. The van der Waals surface area contributed by atoms with Crippen LogP contribution in [0, 0.1) is 0 Å². The van der Waals surface area contributed by atoms with E-state index in [2.05, 4.69) is 19.9 Å². The molecule has 0 atom stereocenters. The van der Waals surface area contributed by atoms with Crippen LogP contribution in [0.5, 0.6) is 0 Å². The van der Waals surface area contributed by atoms with Crippen molar-refractivity contribution in [3.8, 4) is 11.4 Å². The highest BCUT2D eigenvalue weighted by Crippen LogP contribution is 2.30. The first-order chi connectivity index (χ1) is 8.89. The van der Waals surface area contributed by atoms with Crippen molar-refractivity contribution in [2.24, 2.45) is 5.73 Å². The van der Waals surface area contributed by atoms with Gasteiger partial charge in [0, 0.05) is 6.20 Å². The number of carbonyl (C=O) groups is 1. The maximum atomic E-state index is 12.8. The Morgan fingerprint density at radius 1 is 1.21 bits per heavy atom. The molecule has 0 aliphatic heterocycles. The van der Waals surface area contributed by atoms with E-state index >= 15 is 0 Å². The lowest BCUT2D eigenvalue weighted by Crippen LogP contribution is -2.22. The van der Waals surface area contributed by atoms with E-state index in [0.29, 0.717) is 0 Å². The lowest BCUT2D eigenvalue weighted by molar-refractivity contribution is -0.141. The number of alkyl halides is 3. The Morgan fingerprint density at radius 2 is 1.95 bits per heavy atom. The van der Waals surface area contributed by atoms with Crippen molar-refractivity contribution in [3.05, 3.63) is 36.2 Å². The van der Waals surface area contributed by atoms with Crippen LogP contribution in [-0.4, -0.2) is 25.8 Å². The molecular weight excluding hydrogens is 263 g/mol.